The molecule has 3 aromatic heterocycles. The number of likely N-dealkylation sites (tertiary alicyclic amines) is 1. The van der Waals surface area contributed by atoms with Crippen molar-refractivity contribution in [2.75, 3.05) is 38.0 Å². The number of carbonyl (C=O) groups excluding carboxylic acids is 1. The first kappa shape index (κ1) is 29.2. The zero-order valence-corrected chi connectivity index (χ0v) is 25.1. The predicted molar refractivity (Wildman–Crippen MR) is 167 cm³/mol. The molecular weight excluding hydrogens is 534 g/mol. The second-order valence-corrected chi connectivity index (χ2v) is 12.1. The minimum absolute atomic E-state index is 0.0201. The molecule has 3 aliphatic rings. The van der Waals surface area contributed by atoms with Crippen molar-refractivity contribution in [3.8, 4) is 0 Å². The lowest BCUT2D eigenvalue weighted by Crippen LogP contribution is -2.38. The van der Waals surface area contributed by atoms with Gasteiger partial charge in [0, 0.05) is 44.1 Å². The number of aromatic amines is 1. The maximum Gasteiger partial charge on any atom is 0.209 e. The molecule has 0 bridgehead atoms. The van der Waals surface area contributed by atoms with E-state index in [1.807, 2.05) is 31.5 Å². The molecule has 41 heavy (non-hydrogen) atoms. The Bertz CT molecular complexity index is 1480. The fourth-order valence-corrected chi connectivity index (χ4v) is 6.01. The molecule has 0 unspecified atom stereocenters. The first-order valence-corrected chi connectivity index (χ1v) is 15.6. The second kappa shape index (κ2) is 13.1. The first-order chi connectivity index (χ1) is 20.0. The van der Waals surface area contributed by atoms with Gasteiger partial charge >= 0.3 is 0 Å². The van der Waals surface area contributed by atoms with Crippen LogP contribution in [-0.2, 0) is 4.79 Å². The molecule has 2 aliphatic heterocycles. The number of thiazole rings is 1. The maximum absolute atomic E-state index is 10.9. The van der Waals surface area contributed by atoms with E-state index in [-0.39, 0.29) is 6.10 Å². The number of aliphatic hydroxyl groups excluding tert-OH is 1. The van der Waals surface area contributed by atoms with Gasteiger partial charge in [0.05, 0.1) is 27.2 Å². The van der Waals surface area contributed by atoms with Gasteiger partial charge in [0.1, 0.15) is 17.8 Å². The normalized spacial score (nSPS) is 18.6. The Labute approximate surface area is 245 Å². The van der Waals surface area contributed by atoms with Gasteiger partial charge in [-0.3, -0.25) is 4.79 Å². The quantitative estimate of drug-likeness (QED) is 0.248. The smallest absolute Gasteiger partial charge is 0.209 e. The Morgan fingerprint density at radius 2 is 1.95 bits per heavy atom. The van der Waals surface area contributed by atoms with Crippen LogP contribution < -0.4 is 5.32 Å². The van der Waals surface area contributed by atoms with Gasteiger partial charge in [-0.1, -0.05) is 26.8 Å². The molecule has 1 aromatic carbocycles. The number of carbonyl (C=O) groups is 1. The molecular formula is C31H41N7O2S. The number of fused-ring (bicyclic) bond motifs is 2. The van der Waals surface area contributed by atoms with E-state index >= 15 is 0 Å². The fourth-order valence-electron chi connectivity index (χ4n) is 5.30. The molecule has 10 heteroatoms. The van der Waals surface area contributed by atoms with E-state index in [9.17, 15) is 9.90 Å². The van der Waals surface area contributed by atoms with Crippen molar-refractivity contribution in [3.05, 3.63) is 47.9 Å². The molecule has 5 heterocycles. The Morgan fingerprint density at radius 3 is 2.66 bits per heavy atom. The zero-order valence-electron chi connectivity index (χ0n) is 24.3. The number of H-pyrrole nitrogens is 1. The summed E-state index contributed by atoms with van der Waals surface area (Å²) in [5.41, 5.74) is 7.46. The van der Waals surface area contributed by atoms with Crippen LogP contribution in [0.25, 0.3) is 26.8 Å². The molecule has 1 saturated heterocycles. The van der Waals surface area contributed by atoms with Gasteiger partial charge in [-0.2, -0.15) is 0 Å². The molecule has 1 amide bonds. The fraction of sp³-hybridized carbons (Fsp3) is 0.484. The highest BCUT2D eigenvalue weighted by Crippen LogP contribution is 2.45. The molecule has 218 valence electrons. The number of rotatable bonds is 6. The monoisotopic (exact) mass is 575 g/mol. The van der Waals surface area contributed by atoms with Gasteiger partial charge in [0.2, 0.25) is 6.41 Å². The van der Waals surface area contributed by atoms with Crippen LogP contribution in [0, 0.1) is 5.41 Å². The SMILES string of the molecule is CC.CC1(CN2CCC(O)CC2)CC1.O=CN1CC=C(c2cc3c(Nc4ccc5ncsc5c4)ncnc3[nH]2)CC1. The number of anilines is 2. The summed E-state index contributed by atoms with van der Waals surface area (Å²) >= 11 is 1.61. The third kappa shape index (κ3) is 7.30. The number of nitrogens with zero attached hydrogens (tertiary/aromatic N) is 5. The highest BCUT2D eigenvalue weighted by molar-refractivity contribution is 7.16. The van der Waals surface area contributed by atoms with E-state index in [4.69, 9.17) is 0 Å². The average molecular weight is 576 g/mol. The van der Waals surface area contributed by atoms with Crippen molar-refractivity contribution < 1.29 is 9.90 Å². The van der Waals surface area contributed by atoms with Crippen LogP contribution in [0.4, 0.5) is 11.5 Å². The number of piperidine rings is 1. The van der Waals surface area contributed by atoms with Crippen LogP contribution >= 0.6 is 11.3 Å². The summed E-state index contributed by atoms with van der Waals surface area (Å²) in [5.74, 6) is 0.761. The number of nitrogens with one attached hydrogen (secondary N) is 2. The Morgan fingerprint density at radius 1 is 1.15 bits per heavy atom. The topological polar surface area (TPSA) is 110 Å². The molecule has 0 radical (unpaired) electrons. The van der Waals surface area contributed by atoms with Gasteiger partial charge in [0.25, 0.3) is 0 Å². The minimum atomic E-state index is -0.0201. The maximum atomic E-state index is 10.9. The number of hydrogen-bond donors (Lipinski definition) is 3. The summed E-state index contributed by atoms with van der Waals surface area (Å²) < 4.78 is 1.13. The van der Waals surface area contributed by atoms with Crippen LogP contribution in [0.3, 0.4) is 0 Å². The minimum Gasteiger partial charge on any atom is -0.393 e. The van der Waals surface area contributed by atoms with Gasteiger partial charge in [-0.15, -0.1) is 11.3 Å². The summed E-state index contributed by atoms with van der Waals surface area (Å²) in [4.78, 5) is 31.6. The lowest BCUT2D eigenvalue weighted by Gasteiger charge is -2.31. The average Bonchev–Trinajstić information content (AvgIpc) is 3.37. The Hall–Kier alpha value is -3.34. The number of aliphatic hydroxyl groups is 1. The van der Waals surface area contributed by atoms with E-state index in [1.54, 1.807) is 22.6 Å². The van der Waals surface area contributed by atoms with E-state index in [2.05, 4.69) is 55.3 Å². The highest BCUT2D eigenvalue weighted by Gasteiger charge is 2.39. The predicted octanol–water partition coefficient (Wildman–Crippen LogP) is 5.83. The van der Waals surface area contributed by atoms with Crippen LogP contribution in [0.15, 0.2) is 42.2 Å². The van der Waals surface area contributed by atoms with E-state index in [0.29, 0.717) is 12.0 Å². The molecule has 0 spiro atoms. The number of aromatic nitrogens is 4. The van der Waals surface area contributed by atoms with Crippen molar-refractivity contribution in [3.63, 3.8) is 0 Å². The standard InChI is InChI=1S/C19H16N6OS.C10H19NO.C2H6/c26-11-25-5-3-12(4-6-25)16-8-14-18(20-9-21-19(14)24-16)23-13-1-2-15-17(7-13)27-10-22-15;1-10(4-5-10)8-11-6-2-9(12)3-7-11;1-2/h1-3,7-11H,4-6H2,(H2,20,21,23,24);9,12H,2-8H2,1H3;1-2H3. The van der Waals surface area contributed by atoms with E-state index in [0.717, 1.165) is 83.8 Å². The Balaban J connectivity index is 0.000000202. The van der Waals surface area contributed by atoms with Crippen molar-refractivity contribution >= 4 is 56.1 Å². The van der Waals surface area contributed by atoms with Gasteiger partial charge in [-0.25, -0.2) is 15.0 Å². The van der Waals surface area contributed by atoms with Gasteiger partial charge in [-0.05, 0) is 67.4 Å². The lowest BCUT2D eigenvalue weighted by atomic mass is 10.0. The van der Waals surface area contributed by atoms with E-state index < -0.39 is 0 Å². The molecule has 9 nitrogen and oxygen atoms in total. The second-order valence-electron chi connectivity index (χ2n) is 11.2. The summed E-state index contributed by atoms with van der Waals surface area (Å²) in [6.45, 7) is 11.2. The Kier molecular flexibility index (Phi) is 9.32. The van der Waals surface area contributed by atoms with Crippen molar-refractivity contribution in [1.29, 1.82) is 0 Å². The number of hydrogen-bond acceptors (Lipinski definition) is 8. The molecule has 3 N–H and O–H groups in total. The summed E-state index contributed by atoms with van der Waals surface area (Å²) in [6, 6.07) is 8.15. The highest BCUT2D eigenvalue weighted by atomic mass is 32.1. The van der Waals surface area contributed by atoms with Gasteiger partial charge < -0.3 is 25.2 Å². The zero-order chi connectivity index (χ0) is 28.8. The molecule has 2 fully saturated rings. The molecule has 1 aliphatic carbocycles. The van der Waals surface area contributed by atoms with Gasteiger partial charge in [0.15, 0.2) is 0 Å². The summed E-state index contributed by atoms with van der Waals surface area (Å²) in [5, 5.41) is 13.6. The lowest BCUT2D eigenvalue weighted by molar-refractivity contribution is -0.117. The molecule has 7 rings (SSSR count). The third-order valence-corrected chi connectivity index (χ3v) is 8.81. The van der Waals surface area contributed by atoms with Crippen LogP contribution in [-0.4, -0.2) is 80.1 Å². The largest absolute Gasteiger partial charge is 0.393 e. The van der Waals surface area contributed by atoms with Crippen LogP contribution in [0.1, 0.15) is 58.6 Å². The number of amides is 1. The van der Waals surface area contributed by atoms with Crippen LogP contribution in [0.2, 0.25) is 0 Å². The summed E-state index contributed by atoms with van der Waals surface area (Å²) in [7, 11) is 0. The summed E-state index contributed by atoms with van der Waals surface area (Å²) in [6.07, 6.45) is 10.1. The van der Waals surface area contributed by atoms with Crippen molar-refractivity contribution in [1.82, 2.24) is 29.7 Å². The van der Waals surface area contributed by atoms with Crippen molar-refractivity contribution in [2.45, 2.75) is 59.0 Å². The molecule has 4 aromatic rings. The molecule has 0 atom stereocenters. The van der Waals surface area contributed by atoms with E-state index in [1.165, 1.54) is 25.0 Å². The third-order valence-electron chi connectivity index (χ3n) is 8.02. The first-order valence-electron chi connectivity index (χ1n) is 14.7. The van der Waals surface area contributed by atoms with Crippen LogP contribution in [0.5, 0.6) is 0 Å². The van der Waals surface area contributed by atoms with Crippen molar-refractivity contribution in [2.24, 2.45) is 5.41 Å². The molecule has 1 saturated carbocycles. The number of benzene rings is 1.